The van der Waals surface area contributed by atoms with Crippen molar-refractivity contribution in [2.24, 2.45) is 17.8 Å². The Labute approximate surface area is 282 Å². The fourth-order valence-corrected chi connectivity index (χ4v) is 8.57. The third-order valence-corrected chi connectivity index (χ3v) is 10.8. The van der Waals surface area contributed by atoms with Crippen LogP contribution in [0.3, 0.4) is 0 Å². The fraction of sp³-hybridized carbons (Fsp3) is 0.154. The van der Waals surface area contributed by atoms with Crippen LogP contribution in [0.15, 0.2) is 123 Å². The second kappa shape index (κ2) is 10.6. The Hall–Kier alpha value is -5.41. The summed E-state index contributed by atoms with van der Waals surface area (Å²) in [5, 5.41) is 12.0. The number of phenolic OH excluding ortho intramolecular Hbond substituents is 1. The topological polar surface area (TPSA) is 118 Å². The number of fused-ring (bicyclic) bond motifs is 5. The minimum absolute atomic E-state index is 0.108. The number of benzene rings is 4. The molecule has 0 unspecified atom stereocenters. The molecule has 9 rings (SSSR count). The minimum Gasteiger partial charge on any atom is -0.507 e. The third-order valence-electron chi connectivity index (χ3n) is 10.2. The van der Waals surface area contributed by atoms with Gasteiger partial charge in [-0.1, -0.05) is 54.1 Å². The molecule has 0 bridgehead atoms. The van der Waals surface area contributed by atoms with Crippen molar-refractivity contribution in [3.63, 3.8) is 0 Å². The van der Waals surface area contributed by atoms with Gasteiger partial charge in [-0.2, -0.15) is 0 Å². The Morgan fingerprint density at radius 3 is 2.38 bits per heavy atom. The van der Waals surface area contributed by atoms with Crippen LogP contribution in [0.25, 0.3) is 33.3 Å². The monoisotopic (exact) mass is 696 g/mol. The lowest BCUT2D eigenvalue weighted by Crippen LogP contribution is -2.39. The van der Waals surface area contributed by atoms with Crippen molar-refractivity contribution in [1.29, 1.82) is 0 Å². The average Bonchev–Trinajstić information content (AvgIpc) is 3.65. The predicted molar refractivity (Wildman–Crippen MR) is 182 cm³/mol. The first-order valence-corrected chi connectivity index (χ1v) is 16.5. The highest BCUT2D eigenvalue weighted by molar-refractivity contribution is 9.12. The summed E-state index contributed by atoms with van der Waals surface area (Å²) in [6, 6.07) is 25.3. The van der Waals surface area contributed by atoms with Crippen molar-refractivity contribution in [3.05, 3.63) is 124 Å². The van der Waals surface area contributed by atoms with Crippen LogP contribution in [-0.2, 0) is 19.2 Å². The normalized spacial score (nSPS) is 23.7. The van der Waals surface area contributed by atoms with Crippen molar-refractivity contribution >= 4 is 66.9 Å². The summed E-state index contributed by atoms with van der Waals surface area (Å²) in [4.78, 5) is 61.5. The summed E-state index contributed by atoms with van der Waals surface area (Å²) < 4.78 is 6.08. The first-order chi connectivity index (χ1) is 23.3. The molecule has 1 saturated heterocycles. The van der Waals surface area contributed by atoms with E-state index in [-0.39, 0.29) is 40.0 Å². The molecule has 0 radical (unpaired) electrons. The van der Waals surface area contributed by atoms with E-state index in [9.17, 15) is 24.3 Å². The summed E-state index contributed by atoms with van der Waals surface area (Å²) in [7, 11) is 0. The number of phenols is 1. The second-order valence-electron chi connectivity index (χ2n) is 12.7. The Morgan fingerprint density at radius 2 is 1.58 bits per heavy atom. The number of carbonyl (C=O) groups is 4. The van der Waals surface area contributed by atoms with Crippen molar-refractivity contribution in [1.82, 2.24) is 4.98 Å². The Bertz CT molecular complexity index is 2350. The van der Waals surface area contributed by atoms with E-state index >= 15 is 0 Å². The standard InChI is InChI=1S/C39H25BrN2O6/c40-28-18-31(44)35-27(36(28)45)17-26-24(33(35)23-15-16-30(43)22-6-2-1-5-21(22)23)13-14-25-34(26)39(47)42(38(25)46)20-11-9-19(10-12-20)37-41-29-7-3-4-8-32(29)48-37/h1-13,15-16,18,25-26,33-34,43H,14,17H2/t25-,26+,33-,34-/m0/s1. The number of rotatable bonds is 3. The van der Waals surface area contributed by atoms with E-state index in [1.54, 1.807) is 36.4 Å². The van der Waals surface area contributed by atoms with Gasteiger partial charge in [0.2, 0.25) is 17.7 Å². The van der Waals surface area contributed by atoms with Crippen LogP contribution >= 0.6 is 15.9 Å². The highest BCUT2D eigenvalue weighted by atomic mass is 79.9. The number of anilines is 1. The molecule has 2 amide bonds. The molecule has 5 aromatic rings. The number of imide groups is 1. The van der Waals surface area contributed by atoms with E-state index in [4.69, 9.17) is 4.42 Å². The van der Waals surface area contributed by atoms with Crippen molar-refractivity contribution in [2.45, 2.75) is 18.8 Å². The largest absolute Gasteiger partial charge is 0.507 e. The van der Waals surface area contributed by atoms with Crippen LogP contribution in [0.4, 0.5) is 5.69 Å². The summed E-state index contributed by atoms with van der Waals surface area (Å²) in [5.74, 6) is -3.02. The first kappa shape index (κ1) is 28.8. The number of hydrogen-bond donors (Lipinski definition) is 1. The summed E-state index contributed by atoms with van der Waals surface area (Å²) in [6.45, 7) is 0. The highest BCUT2D eigenvalue weighted by Crippen LogP contribution is 2.56. The Balaban J connectivity index is 1.12. The molecule has 3 aliphatic carbocycles. The molecular formula is C39H25BrN2O6. The number of carbonyl (C=O) groups excluding carboxylic acids is 4. The Morgan fingerprint density at radius 1 is 0.833 bits per heavy atom. The number of Topliss-reactive ketones (excluding diaryl/α,β-unsaturated/α-hetero) is 1. The maximum Gasteiger partial charge on any atom is 0.238 e. The van der Waals surface area contributed by atoms with Gasteiger partial charge in [0.15, 0.2) is 17.1 Å². The number of para-hydroxylation sites is 2. The number of nitrogens with zero attached hydrogens (tertiary/aromatic N) is 2. The molecule has 234 valence electrons. The van der Waals surface area contributed by atoms with E-state index in [0.29, 0.717) is 45.7 Å². The zero-order valence-corrected chi connectivity index (χ0v) is 26.8. The van der Waals surface area contributed by atoms with E-state index in [1.807, 2.05) is 54.6 Å². The molecule has 8 nitrogen and oxygen atoms in total. The number of aromatic nitrogens is 1. The maximum atomic E-state index is 14.4. The fourth-order valence-electron chi connectivity index (χ4n) is 8.12. The molecule has 9 heteroatoms. The number of aromatic hydroxyl groups is 1. The van der Waals surface area contributed by atoms with Gasteiger partial charge in [-0.05, 0) is 88.1 Å². The van der Waals surface area contributed by atoms with Gasteiger partial charge in [0.05, 0.1) is 22.0 Å². The van der Waals surface area contributed by atoms with Gasteiger partial charge in [0.1, 0.15) is 11.3 Å². The lowest BCUT2D eigenvalue weighted by atomic mass is 9.59. The van der Waals surface area contributed by atoms with E-state index in [2.05, 4.69) is 20.9 Å². The van der Waals surface area contributed by atoms with Crippen LogP contribution in [0.2, 0.25) is 0 Å². The molecule has 4 aliphatic rings. The average molecular weight is 698 g/mol. The lowest BCUT2D eigenvalue weighted by molar-refractivity contribution is -0.123. The number of halogens is 1. The SMILES string of the molecule is O=C1C=C(Br)C(=O)C2=C1[C@@H](c1ccc(O)c3ccccc13)C1=CC[C@@H]3C(=O)N(c4ccc(-c5nc6ccccc6o5)cc4)C(=O)[C@@H]3[C@@H]1C2. The van der Waals surface area contributed by atoms with Crippen molar-refractivity contribution in [3.8, 4) is 17.2 Å². The van der Waals surface area contributed by atoms with Gasteiger partial charge >= 0.3 is 0 Å². The molecule has 1 N–H and O–H groups in total. The van der Waals surface area contributed by atoms with Crippen LogP contribution < -0.4 is 4.90 Å². The summed E-state index contributed by atoms with van der Waals surface area (Å²) in [6.07, 6.45) is 3.82. The van der Waals surface area contributed by atoms with Gasteiger partial charge < -0.3 is 9.52 Å². The van der Waals surface area contributed by atoms with Crippen LogP contribution in [0.5, 0.6) is 5.75 Å². The van der Waals surface area contributed by atoms with Gasteiger partial charge in [-0.25, -0.2) is 4.98 Å². The van der Waals surface area contributed by atoms with E-state index < -0.39 is 23.7 Å². The van der Waals surface area contributed by atoms with Crippen LogP contribution in [0.1, 0.15) is 24.3 Å². The summed E-state index contributed by atoms with van der Waals surface area (Å²) in [5.41, 5.74) is 4.94. The van der Waals surface area contributed by atoms with E-state index in [1.165, 1.54) is 11.0 Å². The number of hydrogen-bond acceptors (Lipinski definition) is 7. The molecule has 1 fully saturated rings. The quantitative estimate of drug-likeness (QED) is 0.119. The molecule has 1 aliphatic heterocycles. The van der Waals surface area contributed by atoms with E-state index in [0.717, 1.165) is 22.0 Å². The van der Waals surface area contributed by atoms with Crippen LogP contribution in [0, 0.1) is 17.8 Å². The number of oxazole rings is 1. The smallest absolute Gasteiger partial charge is 0.238 e. The molecule has 4 aromatic carbocycles. The number of amides is 2. The molecule has 0 saturated carbocycles. The first-order valence-electron chi connectivity index (χ1n) is 15.7. The second-order valence-corrected chi connectivity index (χ2v) is 13.5. The molecular weight excluding hydrogens is 672 g/mol. The number of ketones is 2. The van der Waals surface area contributed by atoms with Crippen molar-refractivity contribution in [2.75, 3.05) is 4.90 Å². The molecule has 48 heavy (non-hydrogen) atoms. The van der Waals surface area contributed by atoms with Gasteiger partial charge in [0, 0.05) is 34.1 Å². The molecule has 4 atom stereocenters. The zero-order chi connectivity index (χ0) is 32.8. The van der Waals surface area contributed by atoms with Crippen molar-refractivity contribution < 1.29 is 28.7 Å². The Kier molecular flexibility index (Phi) is 6.33. The highest BCUT2D eigenvalue weighted by Gasteiger charge is 2.56. The number of allylic oxidation sites excluding steroid dienone is 6. The van der Waals surface area contributed by atoms with Gasteiger partial charge in [0.25, 0.3) is 0 Å². The van der Waals surface area contributed by atoms with Gasteiger partial charge in [-0.15, -0.1) is 0 Å². The maximum absolute atomic E-state index is 14.4. The molecule has 0 spiro atoms. The zero-order valence-electron chi connectivity index (χ0n) is 25.2. The summed E-state index contributed by atoms with van der Waals surface area (Å²) >= 11 is 3.29. The minimum atomic E-state index is -0.707. The van der Waals surface area contributed by atoms with Crippen LogP contribution in [-0.4, -0.2) is 33.5 Å². The third kappa shape index (κ3) is 4.10. The predicted octanol–water partition coefficient (Wildman–Crippen LogP) is 7.32. The molecule has 2 heterocycles. The van der Waals surface area contributed by atoms with Gasteiger partial charge in [-0.3, -0.25) is 24.1 Å². The lowest BCUT2D eigenvalue weighted by Gasteiger charge is -2.42. The molecule has 1 aromatic heterocycles.